The van der Waals surface area contributed by atoms with Crippen LogP contribution in [-0.4, -0.2) is 17.5 Å². The first-order chi connectivity index (χ1) is 12.2. The zero-order valence-electron chi connectivity index (χ0n) is 13.6. The molecule has 1 aliphatic rings. The number of aliphatic imine (C=N–C) groups is 1. The summed E-state index contributed by atoms with van der Waals surface area (Å²) in [5.74, 6) is 1.22. The van der Waals surface area contributed by atoms with E-state index in [0.717, 1.165) is 11.3 Å². The Hall–Kier alpha value is -2.76. The second-order valence-electron chi connectivity index (χ2n) is 5.56. The van der Waals surface area contributed by atoms with Gasteiger partial charge >= 0.3 is 0 Å². The summed E-state index contributed by atoms with van der Waals surface area (Å²) in [6, 6.07) is 24.3. The van der Waals surface area contributed by atoms with E-state index >= 15 is 0 Å². The zero-order valence-corrected chi connectivity index (χ0v) is 14.4. The molecule has 0 saturated heterocycles. The lowest BCUT2D eigenvalue weighted by Crippen LogP contribution is -2.18. The van der Waals surface area contributed by atoms with Gasteiger partial charge in [0.05, 0.1) is 7.11 Å². The van der Waals surface area contributed by atoms with Gasteiger partial charge in [0.15, 0.2) is 4.90 Å². The van der Waals surface area contributed by atoms with Gasteiger partial charge in [0.1, 0.15) is 16.3 Å². The van der Waals surface area contributed by atoms with Gasteiger partial charge in [0.2, 0.25) is 5.84 Å². The molecule has 0 amide bonds. The van der Waals surface area contributed by atoms with Crippen molar-refractivity contribution in [2.24, 2.45) is 9.36 Å². The lowest BCUT2D eigenvalue weighted by atomic mass is 10.2. The Morgan fingerprint density at radius 3 is 2.24 bits per heavy atom. The number of hydrogen-bond acceptors (Lipinski definition) is 4. The number of hydrogen-bond donors (Lipinski definition) is 0. The molecule has 4 rings (SSSR count). The molecule has 4 nitrogen and oxygen atoms in total. The Balaban J connectivity index is 1.93. The van der Waals surface area contributed by atoms with E-state index in [4.69, 9.17) is 4.74 Å². The SMILES string of the molecule is COc1ccc(C2=Nc3ccccc3[S+]([O-])(c3ccccc3)=N2)cc1. The molecule has 1 unspecified atom stereocenters. The summed E-state index contributed by atoms with van der Waals surface area (Å²) in [6.45, 7) is 0. The quantitative estimate of drug-likeness (QED) is 0.646. The molecule has 25 heavy (non-hydrogen) atoms. The third-order valence-electron chi connectivity index (χ3n) is 4.02. The molecule has 3 aromatic rings. The van der Waals surface area contributed by atoms with Crippen molar-refractivity contribution < 1.29 is 9.29 Å². The fourth-order valence-corrected chi connectivity index (χ4v) is 4.76. The number of amidine groups is 1. The van der Waals surface area contributed by atoms with Crippen molar-refractivity contribution in [1.82, 2.24) is 0 Å². The van der Waals surface area contributed by atoms with E-state index in [0.29, 0.717) is 21.3 Å². The van der Waals surface area contributed by atoms with Crippen LogP contribution in [0.4, 0.5) is 5.69 Å². The maximum absolute atomic E-state index is 13.9. The van der Waals surface area contributed by atoms with Gasteiger partial charge in [-0.2, -0.15) is 0 Å². The van der Waals surface area contributed by atoms with E-state index in [-0.39, 0.29) is 0 Å². The lowest BCUT2D eigenvalue weighted by molar-refractivity contribution is 0.415. The minimum Gasteiger partial charge on any atom is -0.621 e. The van der Waals surface area contributed by atoms with Gasteiger partial charge < -0.3 is 9.29 Å². The molecule has 0 aliphatic carbocycles. The highest BCUT2D eigenvalue weighted by Gasteiger charge is 2.29. The van der Waals surface area contributed by atoms with Crippen molar-refractivity contribution in [3.63, 3.8) is 0 Å². The number of rotatable bonds is 3. The van der Waals surface area contributed by atoms with Crippen LogP contribution < -0.4 is 4.74 Å². The molecular weight excluding hydrogens is 332 g/mol. The topological polar surface area (TPSA) is 57.0 Å². The van der Waals surface area contributed by atoms with Crippen LogP contribution in [0.3, 0.4) is 0 Å². The molecule has 0 N–H and O–H groups in total. The minimum absolute atomic E-state index is 0.468. The highest BCUT2D eigenvalue weighted by molar-refractivity contribution is 8.00. The van der Waals surface area contributed by atoms with E-state index in [1.165, 1.54) is 0 Å². The van der Waals surface area contributed by atoms with Gasteiger partial charge in [-0.1, -0.05) is 34.7 Å². The standard InChI is InChI=1S/C20H16N2O2S/c1-24-16-13-11-15(12-14-16)20-21-18-9-5-6-10-19(18)25(23,22-20)17-7-3-2-4-8-17/h2-14H,1H3. The third-order valence-corrected chi connectivity index (χ3v) is 6.30. The molecule has 1 atom stereocenters. The molecule has 0 fully saturated rings. The summed E-state index contributed by atoms with van der Waals surface area (Å²) in [4.78, 5) is 5.96. The number of para-hydroxylation sites is 1. The van der Waals surface area contributed by atoms with Gasteiger partial charge in [-0.15, -0.1) is 0 Å². The van der Waals surface area contributed by atoms with Gasteiger partial charge in [0, 0.05) is 15.7 Å². The van der Waals surface area contributed by atoms with Crippen LogP contribution in [0, 0.1) is 0 Å². The average Bonchev–Trinajstić information content (AvgIpc) is 2.69. The van der Waals surface area contributed by atoms with E-state index in [1.807, 2.05) is 78.9 Å². The van der Waals surface area contributed by atoms with Gasteiger partial charge in [0.25, 0.3) is 0 Å². The Labute approximate surface area is 147 Å². The minimum atomic E-state index is -2.78. The van der Waals surface area contributed by atoms with Gasteiger partial charge in [-0.05, 0) is 48.5 Å². The molecule has 0 spiro atoms. The summed E-state index contributed by atoms with van der Waals surface area (Å²) in [5, 5.41) is 0. The molecule has 0 aromatic heterocycles. The predicted molar refractivity (Wildman–Crippen MR) is 99.2 cm³/mol. The Bertz CT molecular complexity index is 996. The van der Waals surface area contributed by atoms with E-state index < -0.39 is 10.1 Å². The fourth-order valence-electron chi connectivity index (χ4n) is 2.73. The largest absolute Gasteiger partial charge is 0.621 e. The van der Waals surface area contributed by atoms with E-state index in [1.54, 1.807) is 7.11 Å². The van der Waals surface area contributed by atoms with Crippen LogP contribution in [0.25, 0.3) is 0 Å². The molecule has 1 aliphatic heterocycles. The van der Waals surface area contributed by atoms with Crippen LogP contribution in [0.15, 0.2) is 98.0 Å². The smallest absolute Gasteiger partial charge is 0.206 e. The highest BCUT2D eigenvalue weighted by atomic mass is 32.3. The van der Waals surface area contributed by atoms with Crippen molar-refractivity contribution in [2.45, 2.75) is 9.79 Å². The fraction of sp³-hybridized carbons (Fsp3) is 0.0500. The van der Waals surface area contributed by atoms with Crippen molar-refractivity contribution in [2.75, 3.05) is 7.11 Å². The monoisotopic (exact) mass is 348 g/mol. The number of ether oxygens (including phenoxy) is 1. The molecular formula is C20H16N2O2S. The Morgan fingerprint density at radius 1 is 0.840 bits per heavy atom. The lowest BCUT2D eigenvalue weighted by Gasteiger charge is -2.26. The zero-order chi connectivity index (χ0) is 17.3. The normalized spacial score (nSPS) is 18.7. The first-order valence-electron chi connectivity index (χ1n) is 7.85. The summed E-state index contributed by atoms with van der Waals surface area (Å²) >= 11 is 0. The van der Waals surface area contributed by atoms with Crippen LogP contribution in [0.2, 0.25) is 0 Å². The van der Waals surface area contributed by atoms with Crippen molar-refractivity contribution in [3.8, 4) is 5.75 Å². The number of benzene rings is 3. The first-order valence-corrected chi connectivity index (χ1v) is 9.37. The number of nitrogens with zero attached hydrogens (tertiary/aromatic N) is 2. The van der Waals surface area contributed by atoms with Crippen LogP contribution in [0.5, 0.6) is 5.75 Å². The Kier molecular flexibility index (Phi) is 3.95. The average molecular weight is 348 g/mol. The van der Waals surface area contributed by atoms with Gasteiger partial charge in [-0.3, -0.25) is 0 Å². The summed E-state index contributed by atoms with van der Waals surface area (Å²) in [5.41, 5.74) is 1.50. The van der Waals surface area contributed by atoms with Crippen molar-refractivity contribution in [1.29, 1.82) is 0 Å². The first kappa shape index (κ1) is 15.7. The maximum Gasteiger partial charge on any atom is 0.206 e. The molecule has 0 radical (unpaired) electrons. The molecule has 0 bridgehead atoms. The molecule has 0 saturated carbocycles. The molecule has 1 heterocycles. The number of fused-ring (bicyclic) bond motifs is 1. The van der Waals surface area contributed by atoms with Crippen LogP contribution >= 0.6 is 0 Å². The van der Waals surface area contributed by atoms with Crippen molar-refractivity contribution in [3.05, 3.63) is 84.4 Å². The second-order valence-corrected chi connectivity index (χ2v) is 7.71. The van der Waals surface area contributed by atoms with Crippen molar-refractivity contribution >= 4 is 21.6 Å². The predicted octanol–water partition coefficient (Wildman–Crippen LogP) is 4.67. The highest BCUT2D eigenvalue weighted by Crippen LogP contribution is 2.39. The summed E-state index contributed by atoms with van der Waals surface area (Å²) in [7, 11) is -1.16. The number of methoxy groups -OCH3 is 1. The van der Waals surface area contributed by atoms with E-state index in [2.05, 4.69) is 9.36 Å². The molecule has 3 aromatic carbocycles. The summed E-state index contributed by atoms with van der Waals surface area (Å²) in [6.07, 6.45) is 0. The maximum atomic E-state index is 13.9. The van der Waals surface area contributed by atoms with Crippen LogP contribution in [0.1, 0.15) is 5.56 Å². The summed E-state index contributed by atoms with van der Waals surface area (Å²) < 4.78 is 23.6. The Morgan fingerprint density at radius 2 is 1.52 bits per heavy atom. The van der Waals surface area contributed by atoms with Crippen LogP contribution in [-0.2, 0) is 10.1 Å². The molecule has 5 heteroatoms. The van der Waals surface area contributed by atoms with E-state index in [9.17, 15) is 4.55 Å². The van der Waals surface area contributed by atoms with Gasteiger partial charge in [-0.25, -0.2) is 4.99 Å². The second kappa shape index (κ2) is 6.27. The molecule has 124 valence electrons. The third kappa shape index (κ3) is 2.77.